The number of aryl methyl sites for hydroxylation is 1. The van der Waals surface area contributed by atoms with E-state index in [0.717, 1.165) is 17.5 Å². The fourth-order valence-corrected chi connectivity index (χ4v) is 3.30. The summed E-state index contributed by atoms with van der Waals surface area (Å²) in [6, 6.07) is 14.2. The molecular formula is C22H26Cl2N2O2. The van der Waals surface area contributed by atoms with Crippen molar-refractivity contribution in [3.63, 3.8) is 0 Å². The molecule has 150 valence electrons. The van der Waals surface area contributed by atoms with Crippen LogP contribution in [0.5, 0.6) is 0 Å². The summed E-state index contributed by atoms with van der Waals surface area (Å²) in [6.45, 7) is 4.59. The van der Waals surface area contributed by atoms with E-state index >= 15 is 0 Å². The fourth-order valence-electron chi connectivity index (χ4n) is 2.88. The van der Waals surface area contributed by atoms with Crippen LogP contribution >= 0.6 is 23.2 Å². The third kappa shape index (κ3) is 6.25. The minimum absolute atomic E-state index is 0.112. The Morgan fingerprint density at radius 2 is 1.57 bits per heavy atom. The third-order valence-corrected chi connectivity index (χ3v) is 5.32. The predicted molar refractivity (Wildman–Crippen MR) is 115 cm³/mol. The second-order valence-electron chi connectivity index (χ2n) is 6.67. The molecule has 0 heterocycles. The highest BCUT2D eigenvalue weighted by molar-refractivity contribution is 6.31. The Balaban J connectivity index is 2.16. The highest BCUT2D eigenvalue weighted by Gasteiger charge is 2.26. The Morgan fingerprint density at radius 3 is 2.14 bits per heavy atom. The van der Waals surface area contributed by atoms with Gasteiger partial charge in [-0.2, -0.15) is 0 Å². The Labute approximate surface area is 176 Å². The summed E-state index contributed by atoms with van der Waals surface area (Å²) >= 11 is 12.5. The smallest absolute Gasteiger partial charge is 0.242 e. The van der Waals surface area contributed by atoms with Crippen molar-refractivity contribution >= 4 is 35.0 Å². The number of carbonyl (C=O) groups excluding carboxylic acids is 2. The Bertz CT molecular complexity index is 811. The molecular weight excluding hydrogens is 395 g/mol. The molecule has 2 amide bonds. The van der Waals surface area contributed by atoms with E-state index < -0.39 is 6.04 Å². The lowest BCUT2D eigenvalue weighted by atomic mass is 10.1. The van der Waals surface area contributed by atoms with E-state index in [0.29, 0.717) is 23.0 Å². The molecule has 0 aliphatic carbocycles. The van der Waals surface area contributed by atoms with Gasteiger partial charge in [0.25, 0.3) is 0 Å². The number of benzene rings is 2. The Hall–Kier alpha value is -2.04. The third-order valence-electron chi connectivity index (χ3n) is 4.58. The summed E-state index contributed by atoms with van der Waals surface area (Å²) < 4.78 is 0. The van der Waals surface area contributed by atoms with Crippen molar-refractivity contribution in [3.8, 4) is 0 Å². The molecule has 2 aromatic rings. The topological polar surface area (TPSA) is 49.4 Å². The number of hydrogen-bond donors (Lipinski definition) is 1. The SMILES string of the molecule is CCCNC(=O)[C@H](C)N(Cc1ccccc1Cl)C(=O)CCc1ccccc1Cl. The zero-order valence-corrected chi connectivity index (χ0v) is 17.8. The molecule has 4 nitrogen and oxygen atoms in total. The molecule has 0 spiro atoms. The van der Waals surface area contributed by atoms with Crippen molar-refractivity contribution in [2.75, 3.05) is 6.54 Å². The number of hydrogen-bond acceptors (Lipinski definition) is 2. The second kappa shape index (κ2) is 11.1. The number of nitrogens with one attached hydrogen (secondary N) is 1. The Kier molecular flexibility index (Phi) is 8.81. The van der Waals surface area contributed by atoms with Crippen molar-refractivity contribution in [3.05, 3.63) is 69.7 Å². The van der Waals surface area contributed by atoms with Crippen molar-refractivity contribution < 1.29 is 9.59 Å². The molecule has 0 aliphatic rings. The van der Waals surface area contributed by atoms with Gasteiger partial charge in [0.05, 0.1) is 0 Å². The minimum Gasteiger partial charge on any atom is -0.354 e. The van der Waals surface area contributed by atoms with Gasteiger partial charge in [0.15, 0.2) is 0 Å². The summed E-state index contributed by atoms with van der Waals surface area (Å²) in [6.07, 6.45) is 1.61. The fraction of sp³-hybridized carbons (Fsp3) is 0.364. The molecule has 28 heavy (non-hydrogen) atoms. The second-order valence-corrected chi connectivity index (χ2v) is 7.49. The van der Waals surface area contributed by atoms with Crippen molar-refractivity contribution in [1.82, 2.24) is 10.2 Å². The van der Waals surface area contributed by atoms with Crippen LogP contribution in [0.25, 0.3) is 0 Å². The van der Waals surface area contributed by atoms with Crippen LogP contribution in [0.4, 0.5) is 0 Å². The van der Waals surface area contributed by atoms with E-state index in [2.05, 4.69) is 5.32 Å². The molecule has 0 saturated carbocycles. The molecule has 0 saturated heterocycles. The van der Waals surface area contributed by atoms with E-state index in [9.17, 15) is 9.59 Å². The van der Waals surface area contributed by atoms with Gasteiger partial charge >= 0.3 is 0 Å². The largest absolute Gasteiger partial charge is 0.354 e. The molecule has 1 N–H and O–H groups in total. The van der Waals surface area contributed by atoms with E-state index in [4.69, 9.17) is 23.2 Å². The molecule has 1 atom stereocenters. The summed E-state index contributed by atoms with van der Waals surface area (Å²) in [5, 5.41) is 4.08. The summed E-state index contributed by atoms with van der Waals surface area (Å²) in [7, 11) is 0. The number of halogens is 2. The van der Waals surface area contributed by atoms with E-state index in [-0.39, 0.29) is 24.8 Å². The minimum atomic E-state index is -0.596. The first-order valence-corrected chi connectivity index (χ1v) is 10.2. The number of carbonyl (C=O) groups is 2. The van der Waals surface area contributed by atoms with Gasteiger partial charge in [-0.1, -0.05) is 66.5 Å². The lowest BCUT2D eigenvalue weighted by Gasteiger charge is -2.29. The van der Waals surface area contributed by atoms with Crippen LogP contribution in [0.3, 0.4) is 0 Å². The normalized spacial score (nSPS) is 11.7. The van der Waals surface area contributed by atoms with Crippen LogP contribution in [0.15, 0.2) is 48.5 Å². The summed E-state index contributed by atoms with van der Waals surface area (Å²) in [4.78, 5) is 27.1. The van der Waals surface area contributed by atoms with Crippen LogP contribution in [0, 0.1) is 0 Å². The van der Waals surface area contributed by atoms with Crippen LogP contribution < -0.4 is 5.32 Å². The van der Waals surface area contributed by atoms with Crippen LogP contribution in [-0.2, 0) is 22.6 Å². The van der Waals surface area contributed by atoms with Gasteiger partial charge in [-0.3, -0.25) is 9.59 Å². The standard InChI is InChI=1S/C22H26Cl2N2O2/c1-3-14-25-22(28)16(2)26(15-18-9-5-7-11-20(18)24)21(27)13-12-17-8-4-6-10-19(17)23/h4-11,16H,3,12-15H2,1-2H3,(H,25,28)/t16-/m0/s1. The van der Waals surface area contributed by atoms with Crippen molar-refractivity contribution in [2.24, 2.45) is 0 Å². The van der Waals surface area contributed by atoms with E-state index in [1.165, 1.54) is 0 Å². The molecule has 0 fully saturated rings. The van der Waals surface area contributed by atoms with Crippen molar-refractivity contribution in [2.45, 2.75) is 45.7 Å². The number of rotatable bonds is 9. The zero-order valence-electron chi connectivity index (χ0n) is 16.3. The molecule has 2 rings (SSSR count). The molecule has 2 aromatic carbocycles. The van der Waals surface area contributed by atoms with Crippen molar-refractivity contribution in [1.29, 1.82) is 0 Å². The monoisotopic (exact) mass is 420 g/mol. The van der Waals surface area contributed by atoms with Gasteiger partial charge in [0.1, 0.15) is 6.04 Å². The van der Waals surface area contributed by atoms with Crippen LogP contribution in [0.2, 0.25) is 10.0 Å². The Morgan fingerprint density at radius 1 is 1.00 bits per heavy atom. The average Bonchev–Trinajstić information content (AvgIpc) is 2.70. The van der Waals surface area contributed by atoms with Gasteiger partial charge in [-0.15, -0.1) is 0 Å². The zero-order chi connectivity index (χ0) is 20.5. The van der Waals surface area contributed by atoms with E-state index in [1.807, 2.05) is 49.4 Å². The van der Waals surface area contributed by atoms with Gasteiger partial charge in [0, 0.05) is 29.6 Å². The molecule has 0 aromatic heterocycles. The number of nitrogens with zero attached hydrogens (tertiary/aromatic N) is 1. The highest BCUT2D eigenvalue weighted by Crippen LogP contribution is 2.21. The summed E-state index contributed by atoms with van der Waals surface area (Å²) in [5.74, 6) is -0.279. The maximum atomic E-state index is 13.0. The van der Waals surface area contributed by atoms with Gasteiger partial charge < -0.3 is 10.2 Å². The molecule has 0 aliphatic heterocycles. The first-order valence-electron chi connectivity index (χ1n) is 9.48. The van der Waals surface area contributed by atoms with Crippen LogP contribution in [-0.4, -0.2) is 29.3 Å². The van der Waals surface area contributed by atoms with Crippen LogP contribution in [0.1, 0.15) is 37.8 Å². The first kappa shape index (κ1) is 22.3. The quantitative estimate of drug-likeness (QED) is 0.628. The lowest BCUT2D eigenvalue weighted by molar-refractivity contribution is -0.140. The predicted octanol–water partition coefficient (Wildman–Crippen LogP) is 4.87. The lowest BCUT2D eigenvalue weighted by Crippen LogP contribution is -2.47. The molecule has 0 radical (unpaired) electrons. The first-order chi connectivity index (χ1) is 13.4. The maximum absolute atomic E-state index is 13.0. The molecule has 0 unspecified atom stereocenters. The van der Waals surface area contributed by atoms with Gasteiger partial charge in [-0.25, -0.2) is 0 Å². The average molecular weight is 421 g/mol. The number of amides is 2. The highest BCUT2D eigenvalue weighted by atomic mass is 35.5. The summed E-state index contributed by atoms with van der Waals surface area (Å²) in [5.41, 5.74) is 1.73. The van der Waals surface area contributed by atoms with Gasteiger partial charge in [-0.05, 0) is 43.0 Å². The van der Waals surface area contributed by atoms with Gasteiger partial charge in [0.2, 0.25) is 11.8 Å². The molecule has 6 heteroatoms. The maximum Gasteiger partial charge on any atom is 0.242 e. The molecule has 0 bridgehead atoms. The van der Waals surface area contributed by atoms with E-state index in [1.54, 1.807) is 17.9 Å².